The van der Waals surface area contributed by atoms with Crippen LogP contribution >= 0.6 is 7.82 Å². The highest BCUT2D eigenvalue weighted by Gasteiger charge is 2.25. The van der Waals surface area contributed by atoms with Gasteiger partial charge in [0.1, 0.15) is 6.10 Å². The number of hydrogen-bond donors (Lipinski definition) is 2. The predicted octanol–water partition coefficient (Wildman–Crippen LogP) is 14.2. The first-order chi connectivity index (χ1) is 27.4. The molecule has 0 rings (SSSR count). The molecule has 0 aromatic heterocycles. The van der Waals surface area contributed by atoms with Crippen molar-refractivity contribution < 1.29 is 32.8 Å². The van der Waals surface area contributed by atoms with E-state index in [9.17, 15) is 14.3 Å². The van der Waals surface area contributed by atoms with E-state index < -0.39 is 13.9 Å². The lowest BCUT2D eigenvalue weighted by Gasteiger charge is -2.20. The summed E-state index contributed by atoms with van der Waals surface area (Å²) in [6, 6.07) is 0. The Morgan fingerprint density at radius 3 is 1.50 bits per heavy atom. The molecule has 56 heavy (non-hydrogen) atoms. The maximum Gasteiger partial charge on any atom is 0.472 e. The molecule has 2 unspecified atom stereocenters. The van der Waals surface area contributed by atoms with Crippen LogP contribution in [0.2, 0.25) is 0 Å². The molecule has 0 bridgehead atoms. The molecular weight excluding hydrogens is 721 g/mol. The van der Waals surface area contributed by atoms with Gasteiger partial charge in [-0.2, -0.15) is 0 Å². The summed E-state index contributed by atoms with van der Waals surface area (Å²) in [5.74, 6) is -0.335. The van der Waals surface area contributed by atoms with Gasteiger partial charge in [-0.3, -0.25) is 13.8 Å². The topological polar surface area (TPSA) is 117 Å². The summed E-state index contributed by atoms with van der Waals surface area (Å²) < 4.78 is 33.4. The van der Waals surface area contributed by atoms with Crippen LogP contribution in [0.25, 0.3) is 0 Å². The first-order valence-electron chi connectivity index (χ1n) is 23.5. The molecule has 0 aliphatic heterocycles. The van der Waals surface area contributed by atoms with Gasteiger partial charge in [-0.15, -0.1) is 0 Å². The summed E-state index contributed by atoms with van der Waals surface area (Å²) in [7, 11) is -4.28. The van der Waals surface area contributed by atoms with E-state index in [2.05, 4.69) is 50.3 Å². The molecule has 0 aliphatic carbocycles. The van der Waals surface area contributed by atoms with Gasteiger partial charge < -0.3 is 20.1 Å². The van der Waals surface area contributed by atoms with Gasteiger partial charge in [-0.25, -0.2) is 4.57 Å². The molecule has 0 heterocycles. The van der Waals surface area contributed by atoms with Crippen LogP contribution in [-0.4, -0.2) is 49.9 Å². The Morgan fingerprint density at radius 2 is 1.00 bits per heavy atom. The van der Waals surface area contributed by atoms with E-state index in [0.29, 0.717) is 13.0 Å². The van der Waals surface area contributed by atoms with Crippen LogP contribution in [0, 0.1) is 0 Å². The average Bonchev–Trinajstić information content (AvgIpc) is 3.19. The molecule has 0 saturated carbocycles. The van der Waals surface area contributed by atoms with Gasteiger partial charge in [0.05, 0.1) is 19.8 Å². The molecule has 3 N–H and O–H groups in total. The Hall–Kier alpha value is -1.28. The maximum absolute atomic E-state index is 12.6. The summed E-state index contributed by atoms with van der Waals surface area (Å²) in [6.07, 6.45) is 51.8. The van der Waals surface area contributed by atoms with Crippen molar-refractivity contribution in [3.63, 3.8) is 0 Å². The molecule has 0 amide bonds. The smallest absolute Gasteiger partial charge is 0.457 e. The zero-order valence-corrected chi connectivity index (χ0v) is 37.5. The molecule has 2 atom stereocenters. The van der Waals surface area contributed by atoms with Gasteiger partial charge in [-0.05, 0) is 44.9 Å². The van der Waals surface area contributed by atoms with E-state index >= 15 is 0 Å². The van der Waals surface area contributed by atoms with Crippen molar-refractivity contribution in [1.82, 2.24) is 0 Å². The predicted molar refractivity (Wildman–Crippen MR) is 238 cm³/mol. The number of unbranched alkanes of at least 4 members (excludes halogenated alkanes) is 26. The lowest BCUT2D eigenvalue weighted by Crippen LogP contribution is -2.28. The van der Waals surface area contributed by atoms with Crippen LogP contribution in [0.15, 0.2) is 36.5 Å². The fourth-order valence-electron chi connectivity index (χ4n) is 6.66. The van der Waals surface area contributed by atoms with Crippen molar-refractivity contribution in [2.24, 2.45) is 5.73 Å². The van der Waals surface area contributed by atoms with Crippen molar-refractivity contribution in [2.75, 3.05) is 33.0 Å². The minimum absolute atomic E-state index is 0.0971. The third-order valence-corrected chi connectivity index (χ3v) is 11.1. The van der Waals surface area contributed by atoms with E-state index in [4.69, 9.17) is 24.3 Å². The second-order valence-electron chi connectivity index (χ2n) is 15.6. The summed E-state index contributed by atoms with van der Waals surface area (Å²) in [5, 5.41) is 0. The lowest BCUT2D eigenvalue weighted by atomic mass is 10.0. The van der Waals surface area contributed by atoms with Gasteiger partial charge in [0.2, 0.25) is 0 Å². The van der Waals surface area contributed by atoms with Crippen LogP contribution in [0.1, 0.15) is 219 Å². The molecule has 0 radical (unpaired) electrons. The quantitative estimate of drug-likeness (QED) is 0.0270. The number of hydrogen-bond acceptors (Lipinski definition) is 7. The molecule has 0 saturated heterocycles. The first-order valence-corrected chi connectivity index (χ1v) is 25.0. The largest absolute Gasteiger partial charge is 0.472 e. The molecule has 0 spiro atoms. The third kappa shape index (κ3) is 43.8. The number of allylic oxidation sites excluding steroid dienone is 6. The Kier molecular flexibility index (Phi) is 43.8. The minimum Gasteiger partial charge on any atom is -0.457 e. The summed E-state index contributed by atoms with van der Waals surface area (Å²) in [6.45, 7) is 4.79. The van der Waals surface area contributed by atoms with Crippen molar-refractivity contribution in [3.05, 3.63) is 36.5 Å². The minimum atomic E-state index is -4.28. The zero-order chi connectivity index (χ0) is 40.9. The van der Waals surface area contributed by atoms with Gasteiger partial charge in [0.15, 0.2) is 0 Å². The molecule has 0 fully saturated rings. The fourth-order valence-corrected chi connectivity index (χ4v) is 7.43. The molecular formula is C47H90NO7P. The normalized spacial score (nSPS) is 13.7. The van der Waals surface area contributed by atoms with Crippen LogP contribution in [0.5, 0.6) is 0 Å². The van der Waals surface area contributed by atoms with Crippen LogP contribution in [0.3, 0.4) is 0 Å². The Morgan fingerprint density at radius 1 is 0.554 bits per heavy atom. The maximum atomic E-state index is 12.6. The SMILES string of the molecule is CC/C=C\C/C=C\C/C=C\CCCCCCOCC(COP(=O)(O)OCCN)OC(=O)CCCCCCCCCCCCCCCCCCCCCCCCC. The number of rotatable bonds is 45. The number of ether oxygens (including phenoxy) is 2. The van der Waals surface area contributed by atoms with Gasteiger partial charge in [0.25, 0.3) is 0 Å². The Bertz CT molecular complexity index is 957. The highest BCUT2D eigenvalue weighted by molar-refractivity contribution is 7.47. The summed E-state index contributed by atoms with van der Waals surface area (Å²) in [4.78, 5) is 22.5. The molecule has 0 aromatic rings. The Labute approximate surface area is 346 Å². The number of esters is 1. The zero-order valence-electron chi connectivity index (χ0n) is 36.6. The van der Waals surface area contributed by atoms with Crippen molar-refractivity contribution in [1.29, 1.82) is 0 Å². The number of nitrogens with two attached hydrogens (primary N) is 1. The van der Waals surface area contributed by atoms with E-state index in [1.165, 1.54) is 128 Å². The highest BCUT2D eigenvalue weighted by atomic mass is 31.2. The molecule has 0 aliphatic rings. The number of phosphoric ester groups is 1. The van der Waals surface area contributed by atoms with E-state index in [1.54, 1.807) is 0 Å². The number of carbonyl (C=O) groups excluding carboxylic acids is 1. The average molecular weight is 812 g/mol. The summed E-state index contributed by atoms with van der Waals surface area (Å²) in [5.41, 5.74) is 5.37. The summed E-state index contributed by atoms with van der Waals surface area (Å²) >= 11 is 0. The van der Waals surface area contributed by atoms with E-state index in [1.807, 2.05) is 0 Å². The van der Waals surface area contributed by atoms with E-state index in [0.717, 1.165) is 70.6 Å². The van der Waals surface area contributed by atoms with Gasteiger partial charge in [0, 0.05) is 19.6 Å². The Balaban J connectivity index is 3.93. The van der Waals surface area contributed by atoms with Crippen molar-refractivity contribution >= 4 is 13.8 Å². The molecule has 8 nitrogen and oxygen atoms in total. The highest BCUT2D eigenvalue weighted by Crippen LogP contribution is 2.43. The van der Waals surface area contributed by atoms with Crippen LogP contribution < -0.4 is 5.73 Å². The first kappa shape index (κ1) is 54.7. The number of phosphoric acid groups is 1. The second kappa shape index (κ2) is 44.8. The standard InChI is InChI=1S/C47H90NO7P/c1-3-5-7-9-11-13-15-17-19-20-21-22-23-24-25-26-27-28-30-32-34-36-38-40-47(49)55-46(45-54-56(50,51)53-43-41-48)44-52-42-39-37-35-33-31-29-18-16-14-12-10-8-6-4-2/h6,8,12,14,18,29,46H,3-5,7,9-11,13,15-17,19-28,30-45,48H2,1-2H3,(H,50,51)/b8-6-,14-12-,29-18-. The van der Waals surface area contributed by atoms with Crippen molar-refractivity contribution in [3.8, 4) is 0 Å². The van der Waals surface area contributed by atoms with Crippen molar-refractivity contribution in [2.45, 2.75) is 225 Å². The number of carbonyl (C=O) groups is 1. The van der Waals surface area contributed by atoms with E-state index in [-0.39, 0.29) is 32.3 Å². The fraction of sp³-hybridized carbons (Fsp3) is 0.851. The second-order valence-corrected chi connectivity index (χ2v) is 17.1. The van der Waals surface area contributed by atoms with Crippen LogP contribution in [-0.2, 0) is 27.9 Å². The molecule has 0 aromatic carbocycles. The van der Waals surface area contributed by atoms with Crippen LogP contribution in [0.4, 0.5) is 0 Å². The molecule has 330 valence electrons. The monoisotopic (exact) mass is 812 g/mol. The third-order valence-electron chi connectivity index (χ3n) is 10.1. The molecule has 9 heteroatoms. The van der Waals surface area contributed by atoms with Gasteiger partial charge in [-0.1, -0.05) is 204 Å². The lowest BCUT2D eigenvalue weighted by molar-refractivity contribution is -0.154. The van der Waals surface area contributed by atoms with Gasteiger partial charge >= 0.3 is 13.8 Å².